The van der Waals surface area contributed by atoms with E-state index >= 15 is 0 Å². The van der Waals surface area contributed by atoms with Crippen LogP contribution in [-0.4, -0.2) is 9.38 Å². The molecule has 0 amide bonds. The molecule has 11 heavy (non-hydrogen) atoms. The predicted octanol–water partition coefficient (Wildman–Crippen LogP) is 1.57. The smallest absolute Gasteiger partial charge is 0.157 e. The molecule has 0 spiro atoms. The molecule has 0 unspecified atom stereocenters. The molecule has 0 radical (unpaired) electrons. The minimum atomic E-state index is 0.600. The van der Waals surface area contributed by atoms with E-state index in [4.69, 9.17) is 17.3 Å². The molecule has 2 heterocycles. The van der Waals surface area contributed by atoms with Crippen molar-refractivity contribution in [3.05, 3.63) is 29.5 Å². The van der Waals surface area contributed by atoms with Gasteiger partial charge in [-0.15, -0.1) is 0 Å². The molecule has 2 rings (SSSR count). The van der Waals surface area contributed by atoms with Crippen LogP contribution in [0.3, 0.4) is 0 Å². The molecule has 0 saturated heterocycles. The maximum Gasteiger partial charge on any atom is 0.157 e. The Kier molecular flexibility index (Phi) is 1.26. The monoisotopic (exact) mass is 167 g/mol. The number of nitrogens with two attached hydrogens (primary N) is 1. The SMILES string of the molecule is Nc1cnc2c(Cl)cccn12. The molecule has 0 bridgehead atoms. The molecule has 2 N–H and O–H groups in total. The molecule has 4 heteroatoms. The fourth-order valence-corrected chi connectivity index (χ4v) is 1.21. The van der Waals surface area contributed by atoms with E-state index in [0.29, 0.717) is 16.5 Å². The Morgan fingerprint density at radius 2 is 2.36 bits per heavy atom. The number of anilines is 1. The average Bonchev–Trinajstić information content (AvgIpc) is 2.35. The van der Waals surface area contributed by atoms with Crippen LogP contribution in [0.4, 0.5) is 5.82 Å². The number of rotatable bonds is 0. The first kappa shape index (κ1) is 6.49. The highest BCUT2D eigenvalue weighted by molar-refractivity contribution is 6.33. The average molecular weight is 168 g/mol. The predicted molar refractivity (Wildman–Crippen MR) is 44.6 cm³/mol. The standard InChI is InChI=1S/C7H6ClN3/c8-5-2-1-3-11-6(9)4-10-7(5)11/h1-4H,9H2. The van der Waals surface area contributed by atoms with Crippen molar-refractivity contribution in [3.8, 4) is 0 Å². The van der Waals surface area contributed by atoms with Gasteiger partial charge >= 0.3 is 0 Å². The Labute approximate surface area is 68.4 Å². The van der Waals surface area contributed by atoms with Gasteiger partial charge in [-0.25, -0.2) is 4.98 Å². The van der Waals surface area contributed by atoms with Crippen LogP contribution in [0.1, 0.15) is 0 Å². The van der Waals surface area contributed by atoms with E-state index < -0.39 is 0 Å². The fourth-order valence-electron chi connectivity index (χ4n) is 0.995. The maximum atomic E-state index is 5.83. The first-order valence-corrected chi connectivity index (χ1v) is 3.54. The number of aromatic nitrogens is 2. The summed E-state index contributed by atoms with van der Waals surface area (Å²) in [6.07, 6.45) is 3.41. The molecule has 0 aliphatic carbocycles. The van der Waals surface area contributed by atoms with Crippen molar-refractivity contribution in [2.45, 2.75) is 0 Å². The van der Waals surface area contributed by atoms with Gasteiger partial charge in [0.05, 0.1) is 11.2 Å². The zero-order valence-corrected chi connectivity index (χ0v) is 6.42. The van der Waals surface area contributed by atoms with Crippen LogP contribution < -0.4 is 5.73 Å². The molecule has 0 aromatic carbocycles. The van der Waals surface area contributed by atoms with Crippen molar-refractivity contribution >= 4 is 23.1 Å². The summed E-state index contributed by atoms with van der Waals surface area (Å²) < 4.78 is 1.74. The number of pyridine rings is 1. The first-order valence-electron chi connectivity index (χ1n) is 3.16. The lowest BCUT2D eigenvalue weighted by molar-refractivity contribution is 1.20. The maximum absolute atomic E-state index is 5.83. The molecule has 2 aromatic heterocycles. The van der Waals surface area contributed by atoms with Gasteiger partial charge in [0.2, 0.25) is 0 Å². The lowest BCUT2D eigenvalue weighted by Crippen LogP contribution is -1.91. The summed E-state index contributed by atoms with van der Waals surface area (Å²) in [6.45, 7) is 0. The second kappa shape index (κ2) is 2.13. The van der Waals surface area contributed by atoms with E-state index in [0.717, 1.165) is 0 Å². The van der Waals surface area contributed by atoms with E-state index in [-0.39, 0.29) is 0 Å². The van der Waals surface area contributed by atoms with E-state index in [9.17, 15) is 0 Å². The Hall–Kier alpha value is -1.22. The van der Waals surface area contributed by atoms with Crippen molar-refractivity contribution < 1.29 is 0 Å². The van der Waals surface area contributed by atoms with E-state index in [2.05, 4.69) is 4.98 Å². The van der Waals surface area contributed by atoms with Crippen LogP contribution in [0.15, 0.2) is 24.5 Å². The van der Waals surface area contributed by atoms with Gasteiger partial charge in [0.25, 0.3) is 0 Å². The molecule has 0 aliphatic rings. The van der Waals surface area contributed by atoms with E-state index in [1.807, 2.05) is 12.3 Å². The third-order valence-corrected chi connectivity index (χ3v) is 1.81. The van der Waals surface area contributed by atoms with Gasteiger partial charge in [-0.2, -0.15) is 0 Å². The summed E-state index contributed by atoms with van der Waals surface area (Å²) in [5.74, 6) is 0.600. The summed E-state index contributed by atoms with van der Waals surface area (Å²) >= 11 is 5.83. The Balaban J connectivity index is 2.94. The highest BCUT2D eigenvalue weighted by atomic mass is 35.5. The number of nitrogens with zero attached hydrogens (tertiary/aromatic N) is 2. The summed E-state index contributed by atoms with van der Waals surface area (Å²) in [6, 6.07) is 3.61. The van der Waals surface area contributed by atoms with Crippen LogP contribution in [0, 0.1) is 0 Å². The van der Waals surface area contributed by atoms with Crippen LogP contribution >= 0.6 is 11.6 Å². The zero-order valence-electron chi connectivity index (χ0n) is 5.66. The van der Waals surface area contributed by atoms with Crippen molar-refractivity contribution in [1.82, 2.24) is 9.38 Å². The third kappa shape index (κ3) is 0.851. The topological polar surface area (TPSA) is 43.3 Å². The van der Waals surface area contributed by atoms with Crippen LogP contribution in [0.2, 0.25) is 5.02 Å². The molecule has 0 atom stereocenters. The summed E-state index contributed by atoms with van der Waals surface area (Å²) in [4.78, 5) is 4.02. The fraction of sp³-hybridized carbons (Fsp3) is 0. The van der Waals surface area contributed by atoms with Gasteiger partial charge in [0.15, 0.2) is 5.65 Å². The number of imidazole rings is 1. The number of hydrogen-bond donors (Lipinski definition) is 1. The number of hydrogen-bond acceptors (Lipinski definition) is 2. The first-order chi connectivity index (χ1) is 5.29. The van der Waals surface area contributed by atoms with Gasteiger partial charge in [0.1, 0.15) is 5.82 Å². The van der Waals surface area contributed by atoms with Gasteiger partial charge in [-0.1, -0.05) is 11.6 Å². The lowest BCUT2D eigenvalue weighted by Gasteiger charge is -1.95. The van der Waals surface area contributed by atoms with Crippen molar-refractivity contribution in [1.29, 1.82) is 0 Å². The molecule has 56 valence electrons. The minimum absolute atomic E-state index is 0.600. The largest absolute Gasteiger partial charge is 0.383 e. The van der Waals surface area contributed by atoms with Crippen molar-refractivity contribution in [3.63, 3.8) is 0 Å². The molecule has 2 aromatic rings. The Bertz CT molecular complexity index is 393. The Morgan fingerprint density at radius 1 is 1.55 bits per heavy atom. The van der Waals surface area contributed by atoms with Gasteiger partial charge in [-0.3, -0.25) is 4.40 Å². The quantitative estimate of drug-likeness (QED) is 0.647. The second-order valence-electron chi connectivity index (χ2n) is 2.23. The molecule has 0 saturated carbocycles. The minimum Gasteiger partial charge on any atom is -0.383 e. The molecule has 0 aliphatic heterocycles. The normalized spacial score (nSPS) is 10.6. The number of fused-ring (bicyclic) bond motifs is 1. The number of halogens is 1. The lowest BCUT2D eigenvalue weighted by atomic mass is 10.5. The van der Waals surface area contributed by atoms with Gasteiger partial charge in [0, 0.05) is 6.20 Å². The van der Waals surface area contributed by atoms with Crippen LogP contribution in [0.5, 0.6) is 0 Å². The highest BCUT2D eigenvalue weighted by Gasteiger charge is 2.00. The molecule has 3 nitrogen and oxygen atoms in total. The summed E-state index contributed by atoms with van der Waals surface area (Å²) in [7, 11) is 0. The van der Waals surface area contributed by atoms with Gasteiger partial charge in [-0.05, 0) is 12.1 Å². The summed E-state index contributed by atoms with van der Waals surface area (Å²) in [5, 5.41) is 0.615. The van der Waals surface area contributed by atoms with Gasteiger partial charge < -0.3 is 5.73 Å². The highest BCUT2D eigenvalue weighted by Crippen LogP contribution is 2.17. The molecular weight excluding hydrogens is 162 g/mol. The van der Waals surface area contributed by atoms with E-state index in [1.165, 1.54) is 0 Å². The van der Waals surface area contributed by atoms with Crippen molar-refractivity contribution in [2.75, 3.05) is 5.73 Å². The Morgan fingerprint density at radius 3 is 3.09 bits per heavy atom. The van der Waals surface area contributed by atoms with Crippen LogP contribution in [0.25, 0.3) is 5.65 Å². The zero-order chi connectivity index (χ0) is 7.84. The number of nitrogen functional groups attached to an aromatic ring is 1. The van der Waals surface area contributed by atoms with Crippen LogP contribution in [-0.2, 0) is 0 Å². The second-order valence-corrected chi connectivity index (χ2v) is 2.64. The molecular formula is C7H6ClN3. The van der Waals surface area contributed by atoms with Crippen molar-refractivity contribution in [2.24, 2.45) is 0 Å². The van der Waals surface area contributed by atoms with E-state index in [1.54, 1.807) is 16.7 Å². The third-order valence-electron chi connectivity index (χ3n) is 1.52. The molecule has 0 fully saturated rings. The summed E-state index contributed by atoms with van der Waals surface area (Å²) in [5.41, 5.74) is 6.29.